The lowest BCUT2D eigenvalue weighted by Crippen LogP contribution is -2.40. The molecule has 262 valence electrons. The van der Waals surface area contributed by atoms with E-state index in [0.717, 1.165) is 0 Å². The smallest absolute Gasteiger partial charge is 0.344 e. The summed E-state index contributed by atoms with van der Waals surface area (Å²) in [7, 11) is 1.26. The van der Waals surface area contributed by atoms with E-state index in [1.807, 2.05) is 6.92 Å². The molecular weight excluding hydrogens is 771 g/mol. The molecule has 0 saturated heterocycles. The molecule has 0 saturated carbocycles. The molecule has 0 N–H and O–H groups in total. The average molecular weight is 809 g/mol. The Kier molecular flexibility index (Phi) is 13.2. The molecule has 4 rings (SSSR count). The maximum absolute atomic E-state index is 14.2. The van der Waals surface area contributed by atoms with Crippen LogP contribution in [0.2, 0.25) is 0 Å². The molecule has 0 spiro atoms. The second kappa shape index (κ2) is 17.3. The third-order valence-electron chi connectivity index (χ3n) is 6.94. The van der Waals surface area contributed by atoms with Crippen molar-refractivity contribution in [2.45, 2.75) is 40.7 Å². The van der Waals surface area contributed by atoms with Gasteiger partial charge in [0.15, 0.2) is 41.0 Å². The van der Waals surface area contributed by atoms with Gasteiger partial charge in [0.2, 0.25) is 0 Å². The molecule has 0 bridgehead atoms. The Hall–Kier alpha value is -4.38. The minimum atomic E-state index is -0.913. The fourth-order valence-electron chi connectivity index (χ4n) is 4.94. The first-order valence-electron chi connectivity index (χ1n) is 15.5. The van der Waals surface area contributed by atoms with Crippen molar-refractivity contribution in [1.29, 1.82) is 0 Å². The Morgan fingerprint density at radius 3 is 2.24 bits per heavy atom. The normalized spacial score (nSPS) is 14.0. The first-order valence-corrected chi connectivity index (χ1v) is 17.4. The molecule has 0 unspecified atom stereocenters. The van der Waals surface area contributed by atoms with Gasteiger partial charge in [0.05, 0.1) is 59.0 Å². The summed E-state index contributed by atoms with van der Waals surface area (Å²) in [6, 6.07) is 7.58. The topological polar surface area (TPSA) is 150 Å². The van der Waals surface area contributed by atoms with E-state index in [-0.39, 0.29) is 49.9 Å². The van der Waals surface area contributed by atoms with Crippen molar-refractivity contribution in [3.05, 3.63) is 76.0 Å². The minimum Gasteiger partial charge on any atom is -0.490 e. The van der Waals surface area contributed by atoms with Crippen LogP contribution in [-0.2, 0) is 28.6 Å². The zero-order valence-corrected chi connectivity index (χ0v) is 30.9. The standard InChI is InChI=1S/C34H37IN2O11S/c1-7-43-24-16-21(11-12-23(24)47-17-27(38)42-6)30-29(33(41)46-10-4)19(5)36-34-37(30)32(40)26(49-34)15-20-13-22(35)31(25(14-20)44-8-2)48-18-28(39)45-9-3/h11-16,30H,7-10,17-18H2,1-6H3/b26-15-/t30-/m1/s1. The molecule has 0 aliphatic carbocycles. The molecule has 49 heavy (non-hydrogen) atoms. The highest BCUT2D eigenvalue weighted by Gasteiger charge is 2.34. The lowest BCUT2D eigenvalue weighted by atomic mass is 9.95. The highest BCUT2D eigenvalue weighted by atomic mass is 127. The number of ether oxygens (including phenoxy) is 7. The maximum Gasteiger partial charge on any atom is 0.344 e. The number of carbonyl (C=O) groups is 3. The van der Waals surface area contributed by atoms with Crippen LogP contribution in [-0.4, -0.2) is 69.2 Å². The summed E-state index contributed by atoms with van der Waals surface area (Å²) in [5.74, 6) is -0.301. The lowest BCUT2D eigenvalue weighted by molar-refractivity contribution is -0.145. The molecule has 2 aromatic carbocycles. The van der Waals surface area contributed by atoms with Crippen LogP contribution in [0.15, 0.2) is 51.4 Å². The van der Waals surface area contributed by atoms with E-state index in [1.54, 1.807) is 64.1 Å². The number of halogens is 1. The Morgan fingerprint density at radius 2 is 1.57 bits per heavy atom. The summed E-state index contributed by atoms with van der Waals surface area (Å²) in [6.45, 7) is 9.09. The van der Waals surface area contributed by atoms with Crippen LogP contribution >= 0.6 is 33.9 Å². The van der Waals surface area contributed by atoms with Gasteiger partial charge >= 0.3 is 17.9 Å². The Bertz CT molecular complexity index is 1930. The van der Waals surface area contributed by atoms with Crippen LogP contribution in [0.25, 0.3) is 6.08 Å². The summed E-state index contributed by atoms with van der Waals surface area (Å²) >= 11 is 3.25. The minimum absolute atomic E-state index is 0.123. The van der Waals surface area contributed by atoms with Crippen molar-refractivity contribution in [3.63, 3.8) is 0 Å². The van der Waals surface area contributed by atoms with E-state index >= 15 is 0 Å². The zero-order valence-electron chi connectivity index (χ0n) is 28.0. The number of hydrogen-bond donors (Lipinski definition) is 0. The first kappa shape index (κ1) is 37.4. The number of esters is 3. The number of nitrogens with zero attached hydrogens (tertiary/aromatic N) is 2. The molecule has 1 aromatic heterocycles. The van der Waals surface area contributed by atoms with Gasteiger partial charge in [-0.2, -0.15) is 0 Å². The van der Waals surface area contributed by atoms with Gasteiger partial charge in [0, 0.05) is 0 Å². The second-order valence-electron chi connectivity index (χ2n) is 10.2. The molecule has 13 nitrogen and oxygen atoms in total. The van der Waals surface area contributed by atoms with E-state index in [0.29, 0.717) is 53.6 Å². The fraction of sp³-hybridized carbons (Fsp3) is 0.382. The number of allylic oxidation sites excluding steroid dienone is 1. The Labute approximate surface area is 300 Å². The third kappa shape index (κ3) is 8.81. The SMILES string of the molecule is CCOC(=O)COc1c(I)cc(/C=c2\sc3n(c2=O)[C@H](c2ccc(OCC(=O)OC)c(OCC)c2)C(C(=O)OCC)=C(C)N=3)cc1OCC. The lowest BCUT2D eigenvalue weighted by Gasteiger charge is -2.25. The van der Waals surface area contributed by atoms with Crippen molar-refractivity contribution in [3.8, 4) is 23.0 Å². The molecule has 0 radical (unpaired) electrons. The number of hydrogen-bond acceptors (Lipinski definition) is 13. The molecule has 3 aromatic rings. The quantitative estimate of drug-likeness (QED) is 0.126. The molecule has 0 fully saturated rings. The number of carbonyl (C=O) groups excluding carboxylic acids is 3. The number of aromatic nitrogens is 1. The number of fused-ring (bicyclic) bond motifs is 1. The Balaban J connectivity index is 1.85. The molecule has 0 amide bonds. The van der Waals surface area contributed by atoms with E-state index in [9.17, 15) is 19.2 Å². The molecule has 15 heteroatoms. The number of thiazole rings is 1. The van der Waals surface area contributed by atoms with Gasteiger partial charge in [-0.15, -0.1) is 0 Å². The van der Waals surface area contributed by atoms with Crippen molar-refractivity contribution < 1.29 is 47.5 Å². The van der Waals surface area contributed by atoms with Gasteiger partial charge in [-0.25, -0.2) is 19.4 Å². The summed E-state index contributed by atoms with van der Waals surface area (Å²) in [4.78, 5) is 56.3. The fourth-order valence-corrected chi connectivity index (χ4v) is 6.77. The van der Waals surface area contributed by atoms with Crippen LogP contribution in [0.3, 0.4) is 0 Å². The summed E-state index contributed by atoms with van der Waals surface area (Å²) < 4.78 is 40.5. The van der Waals surface area contributed by atoms with Crippen LogP contribution < -0.4 is 33.8 Å². The third-order valence-corrected chi connectivity index (χ3v) is 8.73. The monoisotopic (exact) mass is 808 g/mol. The Morgan fingerprint density at radius 1 is 0.878 bits per heavy atom. The summed E-state index contributed by atoms with van der Waals surface area (Å²) in [6.07, 6.45) is 1.71. The van der Waals surface area contributed by atoms with Crippen molar-refractivity contribution in [1.82, 2.24) is 4.57 Å². The second-order valence-corrected chi connectivity index (χ2v) is 12.3. The summed E-state index contributed by atoms with van der Waals surface area (Å²) in [5, 5.41) is 0. The van der Waals surface area contributed by atoms with Crippen molar-refractivity contribution in [2.75, 3.05) is 46.8 Å². The zero-order chi connectivity index (χ0) is 35.7. The van der Waals surface area contributed by atoms with Crippen LogP contribution in [0.5, 0.6) is 23.0 Å². The van der Waals surface area contributed by atoms with Gasteiger partial charge in [0.25, 0.3) is 5.56 Å². The van der Waals surface area contributed by atoms with Gasteiger partial charge < -0.3 is 33.2 Å². The number of methoxy groups -OCH3 is 1. The van der Waals surface area contributed by atoms with Crippen LogP contribution in [0, 0.1) is 3.57 Å². The summed E-state index contributed by atoms with van der Waals surface area (Å²) in [5.41, 5.74) is 1.39. The largest absolute Gasteiger partial charge is 0.490 e. The van der Waals surface area contributed by atoms with Gasteiger partial charge in [-0.05, 0) is 98.7 Å². The molecule has 1 atom stereocenters. The first-order chi connectivity index (χ1) is 23.6. The average Bonchev–Trinajstić information content (AvgIpc) is 3.36. The highest BCUT2D eigenvalue weighted by molar-refractivity contribution is 14.1. The van der Waals surface area contributed by atoms with Gasteiger partial charge in [-0.3, -0.25) is 9.36 Å². The predicted octanol–water partition coefficient (Wildman–Crippen LogP) is 3.69. The van der Waals surface area contributed by atoms with E-state index in [4.69, 9.17) is 28.4 Å². The highest BCUT2D eigenvalue weighted by Crippen LogP contribution is 2.37. The van der Waals surface area contributed by atoms with E-state index in [2.05, 4.69) is 32.3 Å². The maximum atomic E-state index is 14.2. The molecule has 1 aliphatic rings. The number of benzene rings is 2. The molecular formula is C34H37IN2O11S. The van der Waals surface area contributed by atoms with Crippen molar-refractivity contribution >= 4 is 57.9 Å². The van der Waals surface area contributed by atoms with Crippen LogP contribution in [0.4, 0.5) is 0 Å². The van der Waals surface area contributed by atoms with E-state index < -0.39 is 23.9 Å². The van der Waals surface area contributed by atoms with Crippen molar-refractivity contribution in [2.24, 2.45) is 4.99 Å². The molecule has 2 heterocycles. The number of rotatable bonds is 15. The molecule has 1 aliphatic heterocycles. The van der Waals surface area contributed by atoms with Crippen LogP contribution in [0.1, 0.15) is 51.8 Å². The van der Waals surface area contributed by atoms with E-state index in [1.165, 1.54) is 23.0 Å². The van der Waals surface area contributed by atoms with Gasteiger partial charge in [-0.1, -0.05) is 17.4 Å². The van der Waals surface area contributed by atoms with Gasteiger partial charge in [0.1, 0.15) is 0 Å². The predicted molar refractivity (Wildman–Crippen MR) is 188 cm³/mol.